The molecule has 2 aromatic heterocycles. The van der Waals surface area contributed by atoms with Crippen LogP contribution < -0.4 is 10.6 Å². The largest absolute Gasteiger partial charge is 0.353 e. The molecule has 7 heteroatoms. The quantitative estimate of drug-likeness (QED) is 0.685. The van der Waals surface area contributed by atoms with Crippen molar-refractivity contribution in [3.8, 4) is 0 Å². The van der Waals surface area contributed by atoms with E-state index in [-0.39, 0.29) is 5.92 Å². The molecule has 0 unspecified atom stereocenters. The third-order valence-electron chi connectivity index (χ3n) is 6.31. The second-order valence-corrected chi connectivity index (χ2v) is 8.68. The number of aromatic amines is 1. The minimum Gasteiger partial charge on any atom is -0.353 e. The highest BCUT2D eigenvalue weighted by Crippen LogP contribution is 2.28. The molecule has 2 aliphatic rings. The standard InChI is InChI=1S/C22H32N6O/c1-15-13-21(28-27-15)26-19-11-12-23-20(25-19)14-16-7-9-18(10-8-16)24-22(29)17-5-3-2-4-6-17/h11-13,16-18H,2-10,14H2,1H3,(H,24,29)(H2,23,25,26,27,28). The average molecular weight is 397 g/mol. The number of nitrogens with zero attached hydrogens (tertiary/aromatic N) is 3. The Hall–Kier alpha value is -2.44. The average Bonchev–Trinajstić information content (AvgIpc) is 3.15. The monoisotopic (exact) mass is 396 g/mol. The zero-order valence-corrected chi connectivity index (χ0v) is 17.3. The molecular formula is C22H32N6O. The Kier molecular flexibility index (Phi) is 6.42. The molecule has 2 fully saturated rings. The first-order chi connectivity index (χ1) is 14.2. The van der Waals surface area contributed by atoms with Crippen LogP contribution in [-0.2, 0) is 11.2 Å². The molecule has 1 amide bonds. The fourth-order valence-electron chi connectivity index (χ4n) is 4.63. The molecular weight excluding hydrogens is 364 g/mol. The zero-order chi connectivity index (χ0) is 20.1. The van der Waals surface area contributed by atoms with Gasteiger partial charge >= 0.3 is 0 Å². The molecule has 0 radical (unpaired) electrons. The van der Waals surface area contributed by atoms with E-state index in [2.05, 4.69) is 30.8 Å². The van der Waals surface area contributed by atoms with Gasteiger partial charge in [-0.25, -0.2) is 9.97 Å². The minimum atomic E-state index is 0.253. The van der Waals surface area contributed by atoms with Gasteiger partial charge in [0.25, 0.3) is 0 Å². The molecule has 29 heavy (non-hydrogen) atoms. The van der Waals surface area contributed by atoms with Gasteiger partial charge in [0, 0.05) is 36.3 Å². The lowest BCUT2D eigenvalue weighted by Gasteiger charge is -2.30. The van der Waals surface area contributed by atoms with E-state index in [1.165, 1.54) is 19.3 Å². The van der Waals surface area contributed by atoms with Crippen LogP contribution in [0.1, 0.15) is 69.3 Å². The molecule has 7 nitrogen and oxygen atoms in total. The number of carbonyl (C=O) groups excluding carboxylic acids is 1. The van der Waals surface area contributed by atoms with Gasteiger partial charge in [-0.2, -0.15) is 5.10 Å². The van der Waals surface area contributed by atoms with Crippen LogP contribution in [0.15, 0.2) is 18.3 Å². The molecule has 0 spiro atoms. The number of hydrogen-bond acceptors (Lipinski definition) is 5. The van der Waals surface area contributed by atoms with E-state index < -0.39 is 0 Å². The van der Waals surface area contributed by atoms with Crippen molar-refractivity contribution < 1.29 is 4.79 Å². The molecule has 3 N–H and O–H groups in total. The summed E-state index contributed by atoms with van der Waals surface area (Å²) in [5, 5.41) is 13.7. The maximum Gasteiger partial charge on any atom is 0.223 e. The van der Waals surface area contributed by atoms with Crippen LogP contribution in [0.4, 0.5) is 11.6 Å². The SMILES string of the molecule is Cc1cc(Nc2ccnc(CC3CCC(NC(=O)C4CCCCC4)CC3)n2)n[nH]1. The summed E-state index contributed by atoms with van der Waals surface area (Å²) in [6, 6.07) is 4.16. The third kappa shape index (κ3) is 5.55. The summed E-state index contributed by atoms with van der Waals surface area (Å²) in [4.78, 5) is 21.6. The number of nitrogens with one attached hydrogen (secondary N) is 3. The highest BCUT2D eigenvalue weighted by Gasteiger charge is 2.27. The predicted octanol–water partition coefficient (Wildman–Crippen LogP) is 4.05. The highest BCUT2D eigenvalue weighted by molar-refractivity contribution is 5.79. The lowest BCUT2D eigenvalue weighted by atomic mass is 9.83. The van der Waals surface area contributed by atoms with E-state index in [4.69, 9.17) is 0 Å². The molecule has 2 aliphatic carbocycles. The fraction of sp³-hybridized carbons (Fsp3) is 0.636. The van der Waals surface area contributed by atoms with Gasteiger partial charge in [0.1, 0.15) is 11.6 Å². The Labute approximate surface area is 172 Å². The number of H-pyrrole nitrogens is 1. The third-order valence-corrected chi connectivity index (χ3v) is 6.31. The van der Waals surface area contributed by atoms with Gasteiger partial charge in [-0.1, -0.05) is 19.3 Å². The normalized spacial score (nSPS) is 22.9. The van der Waals surface area contributed by atoms with Crippen LogP contribution >= 0.6 is 0 Å². The molecule has 0 saturated heterocycles. The second-order valence-electron chi connectivity index (χ2n) is 8.68. The smallest absolute Gasteiger partial charge is 0.223 e. The van der Waals surface area contributed by atoms with Crippen molar-refractivity contribution >= 4 is 17.5 Å². The number of aryl methyl sites for hydroxylation is 1. The minimum absolute atomic E-state index is 0.253. The first kappa shape index (κ1) is 19.9. The van der Waals surface area contributed by atoms with Crippen molar-refractivity contribution in [1.82, 2.24) is 25.5 Å². The summed E-state index contributed by atoms with van der Waals surface area (Å²) in [5.74, 6) is 3.54. The van der Waals surface area contributed by atoms with Crippen LogP contribution in [0.3, 0.4) is 0 Å². The Balaban J connectivity index is 1.24. The Morgan fingerprint density at radius 3 is 2.62 bits per heavy atom. The van der Waals surface area contributed by atoms with Crippen molar-refractivity contribution in [2.24, 2.45) is 11.8 Å². The molecule has 0 aromatic carbocycles. The number of rotatable bonds is 6. The van der Waals surface area contributed by atoms with Gasteiger partial charge in [0.15, 0.2) is 5.82 Å². The van der Waals surface area contributed by atoms with Crippen molar-refractivity contribution in [2.45, 2.75) is 77.2 Å². The van der Waals surface area contributed by atoms with Crippen LogP contribution in [0, 0.1) is 18.8 Å². The van der Waals surface area contributed by atoms with E-state index in [0.717, 1.165) is 68.1 Å². The van der Waals surface area contributed by atoms with E-state index >= 15 is 0 Å². The van der Waals surface area contributed by atoms with Gasteiger partial charge in [0.05, 0.1) is 0 Å². The topological polar surface area (TPSA) is 95.6 Å². The van der Waals surface area contributed by atoms with Crippen LogP contribution in [0.5, 0.6) is 0 Å². The second kappa shape index (κ2) is 9.37. The van der Waals surface area contributed by atoms with Crippen molar-refractivity contribution in [2.75, 3.05) is 5.32 Å². The van der Waals surface area contributed by atoms with Gasteiger partial charge in [0.2, 0.25) is 5.91 Å². The number of hydrogen-bond donors (Lipinski definition) is 3. The Morgan fingerprint density at radius 2 is 1.90 bits per heavy atom. The van der Waals surface area contributed by atoms with E-state index in [1.807, 2.05) is 19.1 Å². The van der Waals surface area contributed by atoms with Crippen molar-refractivity contribution in [3.05, 3.63) is 29.8 Å². The molecule has 156 valence electrons. The van der Waals surface area contributed by atoms with E-state index in [0.29, 0.717) is 17.9 Å². The summed E-state index contributed by atoms with van der Waals surface area (Å²) < 4.78 is 0. The Bertz CT molecular complexity index is 805. The highest BCUT2D eigenvalue weighted by atomic mass is 16.1. The van der Waals surface area contributed by atoms with Crippen LogP contribution in [0.2, 0.25) is 0 Å². The first-order valence-corrected chi connectivity index (χ1v) is 11.1. The van der Waals surface area contributed by atoms with Gasteiger partial charge < -0.3 is 10.6 Å². The van der Waals surface area contributed by atoms with Crippen molar-refractivity contribution in [1.29, 1.82) is 0 Å². The first-order valence-electron chi connectivity index (χ1n) is 11.1. The Morgan fingerprint density at radius 1 is 1.10 bits per heavy atom. The maximum absolute atomic E-state index is 12.5. The molecule has 0 aliphatic heterocycles. The zero-order valence-electron chi connectivity index (χ0n) is 17.3. The van der Waals surface area contributed by atoms with Gasteiger partial charge in [-0.05, 0) is 57.4 Å². The molecule has 2 saturated carbocycles. The lowest BCUT2D eigenvalue weighted by molar-refractivity contribution is -0.126. The fourth-order valence-corrected chi connectivity index (χ4v) is 4.63. The maximum atomic E-state index is 12.5. The molecule has 0 atom stereocenters. The lowest BCUT2D eigenvalue weighted by Crippen LogP contribution is -2.41. The molecule has 2 aromatic rings. The summed E-state index contributed by atoms with van der Waals surface area (Å²) in [7, 11) is 0. The summed E-state index contributed by atoms with van der Waals surface area (Å²) in [6.45, 7) is 1.97. The van der Waals surface area contributed by atoms with E-state index in [9.17, 15) is 4.79 Å². The van der Waals surface area contributed by atoms with Gasteiger partial charge in [-0.15, -0.1) is 0 Å². The van der Waals surface area contributed by atoms with E-state index in [1.54, 1.807) is 6.20 Å². The van der Waals surface area contributed by atoms with Crippen molar-refractivity contribution in [3.63, 3.8) is 0 Å². The number of amides is 1. The predicted molar refractivity (Wildman–Crippen MR) is 113 cm³/mol. The summed E-state index contributed by atoms with van der Waals surface area (Å²) in [6.07, 6.45) is 12.9. The number of aromatic nitrogens is 4. The summed E-state index contributed by atoms with van der Waals surface area (Å²) >= 11 is 0. The van der Waals surface area contributed by atoms with Gasteiger partial charge in [-0.3, -0.25) is 9.89 Å². The molecule has 2 heterocycles. The summed E-state index contributed by atoms with van der Waals surface area (Å²) in [5.41, 5.74) is 1.01. The van der Waals surface area contributed by atoms with Crippen LogP contribution in [0.25, 0.3) is 0 Å². The number of carbonyl (C=O) groups is 1. The molecule has 4 rings (SSSR count). The molecule has 0 bridgehead atoms. The van der Waals surface area contributed by atoms with Crippen LogP contribution in [-0.4, -0.2) is 32.1 Å². The number of anilines is 2.